The van der Waals surface area contributed by atoms with E-state index in [0.717, 1.165) is 12.8 Å². The molecule has 0 amide bonds. The summed E-state index contributed by atoms with van der Waals surface area (Å²) in [7, 11) is 0. The maximum atomic E-state index is 14.1. The second-order valence-corrected chi connectivity index (χ2v) is 4.12. The molecule has 0 bridgehead atoms. The predicted molar refractivity (Wildman–Crippen MR) is 53.8 cm³/mol. The molecule has 1 saturated heterocycles. The highest BCUT2D eigenvalue weighted by Gasteiger charge is 2.42. The number of hydrogen-bond donors (Lipinski definition) is 1. The standard InChI is InChI=1S/C9H12FN3O.ClH/c10-9(3-4-11-5-9)8-12-7(13-14-8)6-1-2-6;/h6,11H,1-5H2;1H. The molecule has 0 spiro atoms. The minimum Gasteiger partial charge on any atom is -0.336 e. The Bertz CT molecular complexity index is 347. The van der Waals surface area contributed by atoms with Crippen molar-refractivity contribution < 1.29 is 8.91 Å². The van der Waals surface area contributed by atoms with Crippen molar-refractivity contribution in [1.82, 2.24) is 15.5 Å². The van der Waals surface area contributed by atoms with Crippen molar-refractivity contribution in [3.63, 3.8) is 0 Å². The summed E-state index contributed by atoms with van der Waals surface area (Å²) in [6.07, 6.45) is 2.65. The molecule has 4 nitrogen and oxygen atoms in total. The molecule has 6 heteroatoms. The van der Waals surface area contributed by atoms with Crippen LogP contribution in [0.25, 0.3) is 0 Å². The largest absolute Gasteiger partial charge is 0.336 e. The molecule has 84 valence electrons. The van der Waals surface area contributed by atoms with E-state index in [1.54, 1.807) is 0 Å². The highest BCUT2D eigenvalue weighted by molar-refractivity contribution is 5.85. The summed E-state index contributed by atoms with van der Waals surface area (Å²) in [5.41, 5.74) is -1.43. The first-order valence-corrected chi connectivity index (χ1v) is 5.02. The van der Waals surface area contributed by atoms with Crippen molar-refractivity contribution in [2.24, 2.45) is 0 Å². The van der Waals surface area contributed by atoms with Gasteiger partial charge in [0, 0.05) is 18.9 Å². The van der Waals surface area contributed by atoms with Crippen LogP contribution < -0.4 is 5.32 Å². The quantitative estimate of drug-likeness (QED) is 0.842. The van der Waals surface area contributed by atoms with Crippen LogP contribution >= 0.6 is 12.4 Å². The second-order valence-electron chi connectivity index (χ2n) is 4.12. The number of nitrogens with one attached hydrogen (secondary N) is 1. The monoisotopic (exact) mass is 233 g/mol. The van der Waals surface area contributed by atoms with Crippen molar-refractivity contribution in [3.8, 4) is 0 Å². The molecule has 1 aromatic heterocycles. The second kappa shape index (κ2) is 3.72. The van der Waals surface area contributed by atoms with Crippen molar-refractivity contribution in [3.05, 3.63) is 11.7 Å². The summed E-state index contributed by atoms with van der Waals surface area (Å²) in [4.78, 5) is 4.13. The van der Waals surface area contributed by atoms with E-state index in [9.17, 15) is 4.39 Å². The SMILES string of the molecule is Cl.FC1(c2nc(C3CC3)no2)CCNC1. The minimum absolute atomic E-state index is 0. The van der Waals surface area contributed by atoms with Crippen LogP contribution in [0.3, 0.4) is 0 Å². The zero-order valence-corrected chi connectivity index (χ0v) is 9.02. The number of hydrogen-bond acceptors (Lipinski definition) is 4. The number of halogens is 2. The fourth-order valence-electron chi connectivity index (χ4n) is 1.77. The fourth-order valence-corrected chi connectivity index (χ4v) is 1.77. The Morgan fingerprint density at radius 2 is 2.27 bits per heavy atom. The molecular formula is C9H13ClFN3O. The topological polar surface area (TPSA) is 51.0 Å². The molecule has 2 aliphatic rings. The van der Waals surface area contributed by atoms with Crippen molar-refractivity contribution in [2.45, 2.75) is 30.8 Å². The minimum atomic E-state index is -1.43. The number of alkyl halides is 1. The summed E-state index contributed by atoms with van der Waals surface area (Å²) in [5.74, 6) is 1.26. The molecule has 1 aliphatic carbocycles. The van der Waals surface area contributed by atoms with E-state index < -0.39 is 5.67 Å². The zero-order valence-electron chi connectivity index (χ0n) is 8.20. The molecule has 1 aliphatic heterocycles. The molecule has 0 radical (unpaired) electrons. The smallest absolute Gasteiger partial charge is 0.265 e. The Kier molecular flexibility index (Phi) is 2.68. The number of nitrogens with zero attached hydrogens (tertiary/aromatic N) is 2. The van der Waals surface area contributed by atoms with E-state index in [1.807, 2.05) is 0 Å². The van der Waals surface area contributed by atoms with Gasteiger partial charge in [-0.05, 0) is 19.4 Å². The number of rotatable bonds is 2. The van der Waals surface area contributed by atoms with E-state index >= 15 is 0 Å². The zero-order chi connectivity index (χ0) is 9.60. The van der Waals surface area contributed by atoms with Gasteiger partial charge in [-0.15, -0.1) is 12.4 Å². The summed E-state index contributed by atoms with van der Waals surface area (Å²) in [6.45, 7) is 0.969. The molecule has 1 saturated carbocycles. The van der Waals surface area contributed by atoms with Crippen molar-refractivity contribution in [1.29, 1.82) is 0 Å². The highest BCUT2D eigenvalue weighted by atomic mass is 35.5. The van der Waals surface area contributed by atoms with Gasteiger partial charge in [0.25, 0.3) is 5.89 Å². The third kappa shape index (κ3) is 1.86. The first-order valence-electron chi connectivity index (χ1n) is 5.02. The van der Waals surface area contributed by atoms with E-state index in [0.29, 0.717) is 31.3 Å². The first kappa shape index (κ1) is 10.8. The molecule has 2 heterocycles. The van der Waals surface area contributed by atoms with Gasteiger partial charge in [0.1, 0.15) is 0 Å². The summed E-state index contributed by atoms with van der Waals surface area (Å²) in [6, 6.07) is 0. The van der Waals surface area contributed by atoms with Crippen LogP contribution in [0.15, 0.2) is 4.52 Å². The lowest BCUT2D eigenvalue weighted by molar-refractivity contribution is 0.133. The van der Waals surface area contributed by atoms with Crippen LogP contribution in [0.5, 0.6) is 0 Å². The Morgan fingerprint density at radius 3 is 2.87 bits per heavy atom. The molecule has 0 aromatic carbocycles. The normalized spacial score (nSPS) is 30.2. The molecule has 1 atom stereocenters. The van der Waals surface area contributed by atoms with E-state index in [1.165, 1.54) is 0 Å². The maximum absolute atomic E-state index is 14.1. The van der Waals surface area contributed by atoms with E-state index in [4.69, 9.17) is 4.52 Å². The van der Waals surface area contributed by atoms with Gasteiger partial charge in [0.05, 0.1) is 0 Å². The highest BCUT2D eigenvalue weighted by Crippen LogP contribution is 2.39. The van der Waals surface area contributed by atoms with Crippen LogP contribution in [0, 0.1) is 0 Å². The fraction of sp³-hybridized carbons (Fsp3) is 0.778. The summed E-state index contributed by atoms with van der Waals surface area (Å²) >= 11 is 0. The molecule has 1 N–H and O–H groups in total. The molecule has 1 aromatic rings. The Labute approximate surface area is 93.0 Å². The Hall–Kier alpha value is -0.680. The van der Waals surface area contributed by atoms with Crippen LogP contribution in [0.1, 0.15) is 36.9 Å². The van der Waals surface area contributed by atoms with Crippen LogP contribution in [0.4, 0.5) is 4.39 Å². The van der Waals surface area contributed by atoms with Gasteiger partial charge in [-0.1, -0.05) is 5.16 Å². The van der Waals surface area contributed by atoms with E-state index in [-0.39, 0.29) is 18.3 Å². The van der Waals surface area contributed by atoms with Crippen molar-refractivity contribution >= 4 is 12.4 Å². The maximum Gasteiger partial charge on any atom is 0.265 e. The lowest BCUT2D eigenvalue weighted by Crippen LogP contribution is -2.23. The van der Waals surface area contributed by atoms with Gasteiger partial charge in [-0.25, -0.2) is 4.39 Å². The lowest BCUT2D eigenvalue weighted by atomic mass is 10.1. The molecule has 15 heavy (non-hydrogen) atoms. The third-order valence-electron chi connectivity index (χ3n) is 2.87. The van der Waals surface area contributed by atoms with Gasteiger partial charge in [0.15, 0.2) is 5.82 Å². The molecule has 1 unspecified atom stereocenters. The van der Waals surface area contributed by atoms with Gasteiger partial charge in [0.2, 0.25) is 5.67 Å². The Morgan fingerprint density at radius 1 is 1.47 bits per heavy atom. The van der Waals surface area contributed by atoms with Crippen molar-refractivity contribution in [2.75, 3.05) is 13.1 Å². The third-order valence-corrected chi connectivity index (χ3v) is 2.87. The van der Waals surface area contributed by atoms with Gasteiger partial charge < -0.3 is 9.84 Å². The van der Waals surface area contributed by atoms with Gasteiger partial charge >= 0.3 is 0 Å². The summed E-state index contributed by atoms with van der Waals surface area (Å²) in [5, 5.41) is 6.78. The molecular weight excluding hydrogens is 221 g/mol. The average Bonchev–Trinajstić information content (AvgIpc) is 2.75. The first-order chi connectivity index (χ1) is 6.78. The summed E-state index contributed by atoms with van der Waals surface area (Å²) < 4.78 is 19.1. The van der Waals surface area contributed by atoms with Crippen LogP contribution in [0.2, 0.25) is 0 Å². The van der Waals surface area contributed by atoms with Crippen LogP contribution in [-0.4, -0.2) is 23.2 Å². The Balaban J connectivity index is 0.000000853. The lowest BCUT2D eigenvalue weighted by Gasteiger charge is -2.10. The van der Waals surface area contributed by atoms with Crippen LogP contribution in [-0.2, 0) is 5.67 Å². The molecule has 2 fully saturated rings. The molecule has 3 rings (SSSR count). The average molecular weight is 234 g/mol. The number of aromatic nitrogens is 2. The van der Waals surface area contributed by atoms with E-state index in [2.05, 4.69) is 15.5 Å². The predicted octanol–water partition coefficient (Wildman–Crippen LogP) is 1.53. The van der Waals surface area contributed by atoms with Gasteiger partial charge in [-0.2, -0.15) is 4.98 Å². The van der Waals surface area contributed by atoms with Gasteiger partial charge in [-0.3, -0.25) is 0 Å².